The van der Waals surface area contributed by atoms with Gasteiger partial charge < -0.3 is 104 Å². The van der Waals surface area contributed by atoms with Crippen LogP contribution in [0.2, 0.25) is 0 Å². The van der Waals surface area contributed by atoms with E-state index in [0.717, 1.165) is 76.9 Å². The van der Waals surface area contributed by atoms with Crippen LogP contribution in [0.5, 0.6) is 23.0 Å². The van der Waals surface area contributed by atoms with Crippen molar-refractivity contribution >= 4 is 35.7 Å². The highest BCUT2D eigenvalue weighted by atomic mass is 79.9. The van der Waals surface area contributed by atoms with Gasteiger partial charge in [-0.05, 0) is 173 Å². The van der Waals surface area contributed by atoms with E-state index in [2.05, 4.69) is 264 Å². The third-order valence-corrected chi connectivity index (χ3v) is 32.9. The number of likely N-dealkylation sites (N-methyl/N-ethyl adjacent to an activating group) is 1. The van der Waals surface area contributed by atoms with Crippen LogP contribution in [0, 0.1) is 0 Å². The first-order valence-electron chi connectivity index (χ1n) is 39.9. The van der Waals surface area contributed by atoms with Gasteiger partial charge in [0.1, 0.15) is 73.8 Å². The molecule has 0 radical (unpaired) electrons. The van der Waals surface area contributed by atoms with Crippen molar-refractivity contribution in [3.05, 3.63) is 241 Å². The van der Waals surface area contributed by atoms with Gasteiger partial charge in [-0.25, -0.2) is 0 Å². The number of hydrogen-bond donors (Lipinski definition) is 3. The molecule has 3 saturated heterocycles. The Hall–Kier alpha value is -5.06. The molecule has 4 atom stereocenters. The highest BCUT2D eigenvalue weighted by molar-refractivity contribution is 7.90. The minimum Gasteiger partial charge on any atom is -1.00 e. The van der Waals surface area contributed by atoms with Crippen LogP contribution in [-0.4, -0.2) is 197 Å². The van der Waals surface area contributed by atoms with Crippen molar-refractivity contribution in [2.75, 3.05) is 132 Å². The Morgan fingerprint density at radius 2 is 0.718 bits per heavy atom. The third-order valence-electron chi connectivity index (χ3n) is 23.4. The second-order valence-electron chi connectivity index (χ2n) is 34.7. The van der Waals surface area contributed by atoms with Crippen molar-refractivity contribution in [1.29, 1.82) is 0 Å². The fourth-order valence-corrected chi connectivity index (χ4v) is 25.9. The smallest absolute Gasteiger partial charge is 0.119 e. The summed E-state index contributed by atoms with van der Waals surface area (Å²) in [6.07, 6.45) is 13.0. The summed E-state index contributed by atoms with van der Waals surface area (Å²) >= 11 is 0. The monoisotopic (exact) mass is 1730 g/mol. The molecule has 0 amide bonds. The largest absolute Gasteiger partial charge is 1.00 e. The number of piperidine rings is 1. The Labute approximate surface area is 693 Å². The minimum atomic E-state index is -1.86. The Morgan fingerprint density at radius 3 is 1.03 bits per heavy atom. The number of aliphatic hydroxyl groups excluding tert-OH is 2. The van der Waals surface area contributed by atoms with Crippen molar-refractivity contribution in [2.24, 2.45) is 0 Å². The predicted octanol–water partition coefficient (Wildman–Crippen LogP) is 6.53. The quantitative estimate of drug-likeness (QED) is 0.0169. The number of ether oxygens (including phenoxy) is 6. The summed E-state index contributed by atoms with van der Waals surface area (Å²) in [6.45, 7) is 25.8. The first kappa shape index (κ1) is 90.5. The maximum absolute atomic E-state index is 11.9. The maximum atomic E-state index is 11.9. The summed E-state index contributed by atoms with van der Waals surface area (Å²) in [6, 6.07) is 80.4. The minimum absolute atomic E-state index is 0. The molecule has 3 N–H and O–H groups in total. The molecule has 3 heterocycles. The Balaban J connectivity index is 0.00000507. The predicted molar refractivity (Wildman–Crippen MR) is 448 cm³/mol. The van der Waals surface area contributed by atoms with E-state index >= 15 is 0 Å². The van der Waals surface area contributed by atoms with Crippen molar-refractivity contribution in [2.45, 2.75) is 159 Å². The van der Waals surface area contributed by atoms with Gasteiger partial charge in [-0.15, -0.1) is 0 Å². The van der Waals surface area contributed by atoms with Crippen LogP contribution in [0.15, 0.2) is 218 Å². The molecule has 8 aromatic carbocycles. The maximum Gasteiger partial charge on any atom is 0.119 e. The van der Waals surface area contributed by atoms with Crippen LogP contribution >= 0.6 is 14.5 Å². The van der Waals surface area contributed by atoms with E-state index in [9.17, 15) is 10.2 Å². The molecule has 598 valence electrons. The van der Waals surface area contributed by atoms with E-state index in [1.807, 2.05) is 48.5 Å². The summed E-state index contributed by atoms with van der Waals surface area (Å²) in [4.78, 5) is 2.20. The van der Waals surface area contributed by atoms with Gasteiger partial charge in [0, 0.05) is 67.2 Å². The molecular formula is C93H128Br3N4O8P2+. The number of benzene rings is 8. The van der Waals surface area contributed by atoms with Crippen LogP contribution in [0.4, 0.5) is 0 Å². The second-order valence-corrected chi connectivity index (χ2v) is 42.4. The fraction of sp³-hybridized carbons (Fsp3) is 0.484. The number of quaternary nitrogens is 2. The molecule has 0 saturated carbocycles. The number of hydrogen-bond acceptors (Lipinski definition) is 10. The first-order chi connectivity index (χ1) is 51.2. The Kier molecular flexibility index (Phi) is 33.7. The van der Waals surface area contributed by atoms with E-state index in [4.69, 9.17) is 28.4 Å². The van der Waals surface area contributed by atoms with Crippen LogP contribution in [0.3, 0.4) is 0 Å². The highest BCUT2D eigenvalue weighted by Gasteiger charge is 2.47. The van der Waals surface area contributed by atoms with Crippen LogP contribution in [0.1, 0.15) is 129 Å². The fourth-order valence-electron chi connectivity index (χ4n) is 16.7. The van der Waals surface area contributed by atoms with Gasteiger partial charge in [-0.2, -0.15) is 0 Å². The van der Waals surface area contributed by atoms with Crippen LogP contribution in [0.25, 0.3) is 0 Å². The number of rotatable bonds is 43. The zero-order chi connectivity index (χ0) is 75.8. The number of aliphatic hydroxyl groups is 2. The SMILES string of the molecule is CC1(C)CC([N+](C)(C)CCCC[P+](CCCC[P+](CCCC[N+](C)(C)CCN(CC(O)COc2ccc(C(C)(C)c3ccc(OCC4CO4)cc3)cc2)CC(O)COc2ccc(C(C)(C)c3ccc(OCC4CO4)cc3)cc2)(c2ccccc2)c2ccccc2)(c2ccccc2)c2ccccc2)CC(C)(C)N1.[Br-].[Br-].[Br-]. The van der Waals surface area contributed by atoms with E-state index in [1.54, 1.807) is 10.6 Å². The zero-order valence-corrected chi connectivity index (χ0v) is 74.4. The molecule has 0 aliphatic carbocycles. The molecule has 0 aromatic heterocycles. The summed E-state index contributed by atoms with van der Waals surface area (Å²) in [7, 11) is 6.05. The topological polar surface area (TPSA) is 118 Å². The lowest BCUT2D eigenvalue weighted by molar-refractivity contribution is -0.917. The van der Waals surface area contributed by atoms with Crippen molar-refractivity contribution in [1.82, 2.24) is 10.2 Å². The number of epoxide rings is 2. The van der Waals surface area contributed by atoms with E-state index in [-0.39, 0.29) is 98.3 Å². The van der Waals surface area contributed by atoms with E-state index in [1.165, 1.54) is 85.3 Å². The number of nitrogens with one attached hydrogen (secondary N) is 1. The van der Waals surface area contributed by atoms with Gasteiger partial charge >= 0.3 is 0 Å². The molecule has 3 aliphatic heterocycles. The van der Waals surface area contributed by atoms with Gasteiger partial charge in [0.2, 0.25) is 0 Å². The van der Waals surface area contributed by atoms with Gasteiger partial charge in [0.05, 0.1) is 127 Å². The molecule has 0 spiro atoms. The average molecular weight is 1730 g/mol. The molecule has 12 nitrogen and oxygen atoms in total. The standard InChI is InChI=1S/C93H128N4O8P2.3BrH/c1-90(2)63-77(64-91(3,4)94-90)97(11,12)57-26-28-60-107(88-35-21-15-22-36-88,89-37-23-16-24-38-89)62-30-29-61-106(86-31-17-13-18-32-86,87-33-19-14-20-34-87)59-27-25-56-96(9,10)58-55-95(65-78(98)67-100-80-47-39-73(40-48-80)92(5,6)75-43-51-82(52-44-75)102-69-84-71-104-84)66-79(99)68-101-81-49-41-74(42-50-81)93(7,8)76-45-53-83(54-46-76)103-70-85-72-105-85;;;/h13-24,31-54,77-79,84-85,94,98-99H,25-30,55-72H2,1-12H3;3*1H/q+4;;;/p-3. The lowest BCUT2D eigenvalue weighted by Crippen LogP contribution is -3.00. The zero-order valence-electron chi connectivity index (χ0n) is 67.9. The summed E-state index contributed by atoms with van der Waals surface area (Å²) < 4.78 is 37.1. The van der Waals surface area contributed by atoms with Crippen molar-refractivity contribution in [3.8, 4) is 23.0 Å². The Bertz CT molecular complexity index is 3750. The normalized spacial score (nSPS) is 17.0. The number of halogens is 3. The summed E-state index contributed by atoms with van der Waals surface area (Å²) in [5, 5.41) is 33.8. The Morgan fingerprint density at radius 1 is 0.427 bits per heavy atom. The first-order valence-corrected chi connectivity index (χ1v) is 44.2. The molecular weight excluding hydrogens is 1600 g/mol. The second kappa shape index (κ2) is 41.0. The third kappa shape index (κ3) is 25.7. The molecule has 17 heteroatoms. The van der Waals surface area contributed by atoms with E-state index < -0.39 is 26.7 Å². The number of nitrogens with zero attached hydrogens (tertiary/aromatic N) is 3. The van der Waals surface area contributed by atoms with Crippen LogP contribution in [-0.2, 0) is 20.3 Å². The summed E-state index contributed by atoms with van der Waals surface area (Å²) in [5.41, 5.74) is 4.40. The molecule has 11 rings (SSSR count). The molecule has 3 aliphatic rings. The lowest BCUT2D eigenvalue weighted by Gasteiger charge is -2.51. The van der Waals surface area contributed by atoms with Gasteiger partial charge in [0.25, 0.3) is 0 Å². The van der Waals surface area contributed by atoms with Crippen LogP contribution < -0.4 is 96.4 Å². The molecule has 3 fully saturated rings. The molecule has 8 aromatic rings. The average Bonchev–Trinajstić information content (AvgIpc) is 0.862. The molecule has 0 bridgehead atoms. The highest BCUT2D eigenvalue weighted by Crippen LogP contribution is 2.61. The van der Waals surface area contributed by atoms with Crippen molar-refractivity contribution in [3.63, 3.8) is 0 Å². The van der Waals surface area contributed by atoms with Crippen molar-refractivity contribution < 1.29 is 98.5 Å². The van der Waals surface area contributed by atoms with Gasteiger partial charge in [-0.1, -0.05) is 149 Å². The summed E-state index contributed by atoms with van der Waals surface area (Å²) in [5.74, 6) is 3.08. The number of unbranched alkanes of at least 4 members (excludes halogenated alkanes) is 3. The van der Waals surface area contributed by atoms with Gasteiger partial charge in [-0.3, -0.25) is 4.90 Å². The molecule has 110 heavy (non-hydrogen) atoms. The lowest BCUT2D eigenvalue weighted by atomic mass is 9.78. The van der Waals surface area contributed by atoms with Gasteiger partial charge in [0.15, 0.2) is 0 Å². The van der Waals surface area contributed by atoms with E-state index in [0.29, 0.717) is 50.4 Å². The molecule has 4 unspecified atom stereocenters.